The molecule has 1 aliphatic rings. The van der Waals surface area contributed by atoms with E-state index in [4.69, 9.17) is 9.47 Å². The zero-order valence-corrected chi connectivity index (χ0v) is 19.9. The molecule has 1 saturated heterocycles. The molecule has 172 valence electrons. The van der Waals surface area contributed by atoms with Gasteiger partial charge in [-0.3, -0.25) is 9.59 Å². The van der Waals surface area contributed by atoms with Gasteiger partial charge in [-0.2, -0.15) is 0 Å². The quantitative estimate of drug-likeness (QED) is 0.571. The summed E-state index contributed by atoms with van der Waals surface area (Å²) in [6.07, 6.45) is 0. The number of nitrogens with zero attached hydrogens (tertiary/aromatic N) is 4. The highest BCUT2D eigenvalue weighted by Gasteiger charge is 2.26. The Bertz CT molecular complexity index is 957. The van der Waals surface area contributed by atoms with Crippen LogP contribution in [0.15, 0.2) is 0 Å². The largest absolute Gasteiger partial charge is 0.451 e. The summed E-state index contributed by atoms with van der Waals surface area (Å²) in [5, 5.41) is 1.51. The molecule has 2 aromatic rings. The van der Waals surface area contributed by atoms with E-state index < -0.39 is 11.9 Å². The van der Waals surface area contributed by atoms with Crippen molar-refractivity contribution in [1.82, 2.24) is 19.8 Å². The van der Waals surface area contributed by atoms with Crippen LogP contribution in [0, 0.1) is 27.7 Å². The first-order chi connectivity index (χ1) is 15.2. The van der Waals surface area contributed by atoms with Crippen LogP contribution in [-0.2, 0) is 19.1 Å². The standard InChI is InChI=1S/C20H24N4O6S2/c1-11-17(31-13(3)21-11)19(27)29-9-15(25)23-5-7-24(8-6-23)16(26)10-30-20(28)18-12(2)22-14(4)32-18/h5-10H2,1-4H3. The third kappa shape index (κ3) is 5.68. The first-order valence-corrected chi connectivity index (χ1v) is 11.6. The molecule has 0 radical (unpaired) electrons. The zero-order chi connectivity index (χ0) is 23.4. The van der Waals surface area contributed by atoms with Gasteiger partial charge in [0.2, 0.25) is 0 Å². The highest BCUT2D eigenvalue weighted by Crippen LogP contribution is 2.19. The molecule has 12 heteroatoms. The van der Waals surface area contributed by atoms with Crippen LogP contribution in [0.4, 0.5) is 0 Å². The van der Waals surface area contributed by atoms with E-state index in [2.05, 4.69) is 9.97 Å². The fraction of sp³-hybridized carbons (Fsp3) is 0.500. The van der Waals surface area contributed by atoms with E-state index in [0.29, 0.717) is 47.3 Å². The number of ether oxygens (including phenoxy) is 2. The number of hydrogen-bond acceptors (Lipinski definition) is 10. The summed E-state index contributed by atoms with van der Waals surface area (Å²) in [4.78, 5) is 61.2. The Balaban J connectivity index is 1.41. The van der Waals surface area contributed by atoms with E-state index in [0.717, 1.165) is 10.0 Å². The number of hydrogen-bond donors (Lipinski definition) is 0. The smallest absolute Gasteiger partial charge is 0.350 e. The molecule has 0 N–H and O–H groups in total. The van der Waals surface area contributed by atoms with E-state index in [1.54, 1.807) is 27.7 Å². The molecule has 0 saturated carbocycles. The van der Waals surface area contributed by atoms with E-state index in [-0.39, 0.29) is 25.0 Å². The number of esters is 2. The summed E-state index contributed by atoms with van der Waals surface area (Å²) in [5.74, 6) is -1.79. The second-order valence-electron chi connectivity index (χ2n) is 7.21. The molecule has 32 heavy (non-hydrogen) atoms. The number of aromatic nitrogens is 2. The molecule has 10 nitrogen and oxygen atoms in total. The molecule has 1 aliphatic heterocycles. The predicted octanol–water partition coefficient (Wildman–Crippen LogP) is 1.52. The highest BCUT2D eigenvalue weighted by atomic mass is 32.1. The van der Waals surface area contributed by atoms with Gasteiger partial charge >= 0.3 is 11.9 Å². The van der Waals surface area contributed by atoms with Gasteiger partial charge in [-0.05, 0) is 27.7 Å². The minimum atomic E-state index is -0.566. The molecule has 0 aliphatic carbocycles. The Morgan fingerprint density at radius 3 is 1.34 bits per heavy atom. The van der Waals surface area contributed by atoms with Crippen molar-refractivity contribution in [3.8, 4) is 0 Å². The average molecular weight is 481 g/mol. The zero-order valence-electron chi connectivity index (χ0n) is 18.3. The maximum atomic E-state index is 12.4. The summed E-state index contributed by atoms with van der Waals surface area (Å²) < 4.78 is 10.3. The lowest BCUT2D eigenvalue weighted by Crippen LogP contribution is -2.52. The molecule has 0 aromatic carbocycles. The van der Waals surface area contributed by atoms with Crippen LogP contribution >= 0.6 is 22.7 Å². The maximum Gasteiger partial charge on any atom is 0.350 e. The van der Waals surface area contributed by atoms with Gasteiger partial charge in [0, 0.05) is 26.2 Å². The third-order valence-corrected chi connectivity index (χ3v) is 6.92. The van der Waals surface area contributed by atoms with Crippen molar-refractivity contribution in [2.75, 3.05) is 39.4 Å². The Kier molecular flexibility index (Phi) is 7.56. The van der Waals surface area contributed by atoms with Crippen LogP contribution < -0.4 is 0 Å². The minimum Gasteiger partial charge on any atom is -0.451 e. The van der Waals surface area contributed by atoms with Gasteiger partial charge in [0.05, 0.1) is 21.4 Å². The van der Waals surface area contributed by atoms with Gasteiger partial charge in [-0.25, -0.2) is 19.6 Å². The number of amides is 2. The van der Waals surface area contributed by atoms with Gasteiger partial charge in [-0.15, -0.1) is 22.7 Å². The molecule has 0 atom stereocenters. The van der Waals surface area contributed by atoms with Crippen LogP contribution in [0.5, 0.6) is 0 Å². The summed E-state index contributed by atoms with van der Waals surface area (Å²) in [5.41, 5.74) is 1.16. The second-order valence-corrected chi connectivity index (χ2v) is 9.62. The van der Waals surface area contributed by atoms with Crippen molar-refractivity contribution in [1.29, 1.82) is 0 Å². The Morgan fingerprint density at radius 1 is 0.719 bits per heavy atom. The molecule has 3 heterocycles. The number of carbonyl (C=O) groups excluding carboxylic acids is 4. The monoisotopic (exact) mass is 480 g/mol. The van der Waals surface area contributed by atoms with Crippen molar-refractivity contribution in [3.63, 3.8) is 0 Å². The van der Waals surface area contributed by atoms with Crippen molar-refractivity contribution in [2.24, 2.45) is 0 Å². The van der Waals surface area contributed by atoms with Gasteiger partial charge in [0.1, 0.15) is 9.75 Å². The molecule has 0 bridgehead atoms. The molecular formula is C20H24N4O6S2. The number of aryl methyl sites for hydroxylation is 4. The molecule has 1 fully saturated rings. The van der Waals surface area contributed by atoms with E-state index in [9.17, 15) is 19.2 Å². The molecule has 0 unspecified atom stereocenters. The van der Waals surface area contributed by atoms with Crippen LogP contribution in [0.3, 0.4) is 0 Å². The number of thiazole rings is 2. The lowest BCUT2D eigenvalue weighted by atomic mass is 10.3. The molecule has 2 amide bonds. The Hall–Kier alpha value is -2.86. The van der Waals surface area contributed by atoms with Gasteiger partial charge in [-0.1, -0.05) is 0 Å². The van der Waals surface area contributed by atoms with E-state index in [1.165, 1.54) is 32.5 Å². The topological polar surface area (TPSA) is 119 Å². The normalized spacial score (nSPS) is 13.8. The predicted molar refractivity (Wildman–Crippen MR) is 117 cm³/mol. The van der Waals surface area contributed by atoms with Crippen LogP contribution in [0.25, 0.3) is 0 Å². The van der Waals surface area contributed by atoms with Crippen molar-refractivity contribution < 1.29 is 28.7 Å². The third-order valence-electron chi connectivity index (χ3n) is 4.82. The SMILES string of the molecule is Cc1nc(C)c(C(=O)OCC(=O)N2CCN(C(=O)COC(=O)c3sc(C)nc3C)CC2)s1. The minimum absolute atomic E-state index is 0.307. The summed E-state index contributed by atoms with van der Waals surface area (Å²) in [6, 6.07) is 0. The van der Waals surface area contributed by atoms with Crippen molar-refractivity contribution in [3.05, 3.63) is 31.2 Å². The molecule has 0 spiro atoms. The summed E-state index contributed by atoms with van der Waals surface area (Å²) in [7, 11) is 0. The second kappa shape index (κ2) is 10.2. The molecule has 2 aromatic heterocycles. The highest BCUT2D eigenvalue weighted by molar-refractivity contribution is 7.14. The lowest BCUT2D eigenvalue weighted by Gasteiger charge is -2.34. The fourth-order valence-corrected chi connectivity index (χ4v) is 4.84. The van der Waals surface area contributed by atoms with Crippen molar-refractivity contribution in [2.45, 2.75) is 27.7 Å². The van der Waals surface area contributed by atoms with Gasteiger partial charge in [0.25, 0.3) is 11.8 Å². The number of carbonyl (C=O) groups is 4. The molecule has 3 rings (SSSR count). The fourth-order valence-electron chi connectivity index (χ4n) is 3.21. The molecular weight excluding hydrogens is 456 g/mol. The summed E-state index contributed by atoms with van der Waals surface area (Å²) >= 11 is 2.45. The first kappa shape index (κ1) is 23.8. The van der Waals surface area contributed by atoms with Crippen LogP contribution in [0.1, 0.15) is 40.7 Å². The lowest BCUT2D eigenvalue weighted by molar-refractivity contribution is -0.142. The summed E-state index contributed by atoms with van der Waals surface area (Å²) in [6.45, 7) is 7.52. The first-order valence-electron chi connectivity index (χ1n) is 9.93. The number of piperazine rings is 1. The maximum absolute atomic E-state index is 12.4. The van der Waals surface area contributed by atoms with Gasteiger partial charge in [0.15, 0.2) is 13.2 Å². The number of rotatable bonds is 6. The van der Waals surface area contributed by atoms with Crippen molar-refractivity contribution >= 4 is 46.4 Å². The Morgan fingerprint density at radius 2 is 1.06 bits per heavy atom. The van der Waals surface area contributed by atoms with E-state index >= 15 is 0 Å². The average Bonchev–Trinajstić information content (AvgIpc) is 3.29. The van der Waals surface area contributed by atoms with Crippen LogP contribution in [-0.4, -0.2) is 82.9 Å². The van der Waals surface area contributed by atoms with Crippen LogP contribution in [0.2, 0.25) is 0 Å². The van der Waals surface area contributed by atoms with Gasteiger partial charge < -0.3 is 19.3 Å². The Labute approximate surface area is 193 Å². The van der Waals surface area contributed by atoms with E-state index in [1.807, 2.05) is 0 Å².